The lowest BCUT2D eigenvalue weighted by Crippen LogP contribution is -2.31. The molecule has 5 nitrogen and oxygen atoms in total. The minimum Gasteiger partial charge on any atom is -0.503 e. The monoisotopic (exact) mass is 454 g/mol. The van der Waals surface area contributed by atoms with Crippen molar-refractivity contribution in [2.24, 2.45) is 0 Å². The Bertz CT molecular complexity index is 1240. The summed E-state index contributed by atoms with van der Waals surface area (Å²) in [6.45, 7) is 10.3. The molecule has 1 aliphatic rings. The van der Waals surface area contributed by atoms with Crippen LogP contribution < -0.4 is 4.90 Å². The van der Waals surface area contributed by atoms with Crippen LogP contribution in [0.25, 0.3) is 0 Å². The molecule has 2 heterocycles. The van der Waals surface area contributed by atoms with Crippen molar-refractivity contribution in [2.45, 2.75) is 52.5 Å². The number of aliphatic hydroxyl groups is 1. The van der Waals surface area contributed by atoms with Crippen molar-refractivity contribution < 1.29 is 14.7 Å². The number of carbonyl (C=O) groups excluding carboxylic acids is 2. The zero-order valence-electron chi connectivity index (χ0n) is 20.2. The normalized spacial score (nSPS) is 16.1. The van der Waals surface area contributed by atoms with Crippen LogP contribution >= 0.6 is 0 Å². The predicted octanol–water partition coefficient (Wildman–Crippen LogP) is 6.42. The molecular formula is C29H30N2O3. The van der Waals surface area contributed by atoms with Crippen LogP contribution in [0.4, 0.5) is 5.82 Å². The third kappa shape index (κ3) is 4.26. The summed E-state index contributed by atoms with van der Waals surface area (Å²) in [6.07, 6.45) is 1.67. The summed E-state index contributed by atoms with van der Waals surface area (Å²) in [5, 5.41) is 10.9. The van der Waals surface area contributed by atoms with Gasteiger partial charge in [-0.25, -0.2) is 4.98 Å². The van der Waals surface area contributed by atoms with Crippen LogP contribution in [0.3, 0.4) is 0 Å². The smallest absolute Gasteiger partial charge is 0.295 e. The zero-order chi connectivity index (χ0) is 24.6. The summed E-state index contributed by atoms with van der Waals surface area (Å²) in [6, 6.07) is 18.0. The number of benzene rings is 2. The summed E-state index contributed by atoms with van der Waals surface area (Å²) in [5.74, 6) is -0.458. The van der Waals surface area contributed by atoms with Crippen LogP contribution in [0.15, 0.2) is 78.2 Å². The van der Waals surface area contributed by atoms with E-state index in [0.29, 0.717) is 23.2 Å². The summed E-state index contributed by atoms with van der Waals surface area (Å²) >= 11 is 0. The van der Waals surface area contributed by atoms with Crippen molar-refractivity contribution in [3.63, 3.8) is 0 Å². The maximum atomic E-state index is 13.7. The molecule has 0 aliphatic carbocycles. The second kappa shape index (κ2) is 9.26. The van der Waals surface area contributed by atoms with Gasteiger partial charge in [-0.05, 0) is 47.1 Å². The fraction of sp³-hybridized carbons (Fsp3) is 0.276. The highest BCUT2D eigenvalue weighted by atomic mass is 16.3. The topological polar surface area (TPSA) is 70.5 Å². The van der Waals surface area contributed by atoms with Crippen molar-refractivity contribution in [2.75, 3.05) is 4.90 Å². The number of rotatable bonds is 6. The van der Waals surface area contributed by atoms with Gasteiger partial charge in [0.1, 0.15) is 5.82 Å². The Labute approximate surface area is 200 Å². The number of hydrogen-bond donors (Lipinski definition) is 1. The molecule has 4 rings (SSSR count). The van der Waals surface area contributed by atoms with Gasteiger partial charge in [-0.2, -0.15) is 0 Å². The summed E-state index contributed by atoms with van der Waals surface area (Å²) in [7, 11) is 0. The lowest BCUT2D eigenvalue weighted by Gasteiger charge is -2.26. The Morgan fingerprint density at radius 2 is 1.44 bits per heavy atom. The number of amides is 1. The van der Waals surface area contributed by atoms with Gasteiger partial charge in [0, 0.05) is 11.8 Å². The lowest BCUT2D eigenvalue weighted by molar-refractivity contribution is -0.117. The Morgan fingerprint density at radius 1 is 0.882 bits per heavy atom. The average molecular weight is 455 g/mol. The largest absolute Gasteiger partial charge is 0.503 e. The molecule has 1 aromatic heterocycles. The van der Waals surface area contributed by atoms with Gasteiger partial charge in [0.05, 0.1) is 11.6 Å². The number of Topliss-reactive ketones (excluding diaryl/α,β-unsaturated/α-hetero) is 1. The molecular weight excluding hydrogens is 424 g/mol. The first kappa shape index (κ1) is 23.4. The molecule has 0 bridgehead atoms. The molecule has 1 aliphatic heterocycles. The number of pyridine rings is 1. The van der Waals surface area contributed by atoms with Crippen molar-refractivity contribution in [3.05, 3.63) is 106 Å². The number of nitrogens with zero attached hydrogens (tertiary/aromatic N) is 2. The zero-order valence-corrected chi connectivity index (χ0v) is 20.2. The summed E-state index contributed by atoms with van der Waals surface area (Å²) in [4.78, 5) is 32.8. The second-order valence-electron chi connectivity index (χ2n) is 9.46. The van der Waals surface area contributed by atoms with Crippen LogP contribution in [0.5, 0.6) is 0 Å². The van der Waals surface area contributed by atoms with E-state index in [1.165, 1.54) is 4.90 Å². The van der Waals surface area contributed by atoms with E-state index >= 15 is 0 Å². The molecule has 0 fully saturated rings. The van der Waals surface area contributed by atoms with Crippen molar-refractivity contribution >= 4 is 17.5 Å². The summed E-state index contributed by atoms with van der Waals surface area (Å²) < 4.78 is 0. The second-order valence-corrected chi connectivity index (χ2v) is 9.46. The van der Waals surface area contributed by atoms with Crippen LogP contribution in [0.2, 0.25) is 0 Å². The van der Waals surface area contributed by atoms with Gasteiger partial charge in [-0.3, -0.25) is 14.5 Å². The van der Waals surface area contributed by atoms with E-state index in [9.17, 15) is 14.7 Å². The van der Waals surface area contributed by atoms with E-state index in [1.807, 2.05) is 49.4 Å². The van der Waals surface area contributed by atoms with Gasteiger partial charge in [-0.1, -0.05) is 82.3 Å². The van der Waals surface area contributed by atoms with E-state index in [2.05, 4.69) is 32.7 Å². The number of anilines is 1. The fourth-order valence-corrected chi connectivity index (χ4v) is 4.23. The van der Waals surface area contributed by atoms with Crippen molar-refractivity contribution in [1.82, 2.24) is 4.98 Å². The molecule has 0 spiro atoms. The van der Waals surface area contributed by atoms with Gasteiger partial charge >= 0.3 is 0 Å². The average Bonchev–Trinajstić information content (AvgIpc) is 3.09. The van der Waals surface area contributed by atoms with Crippen LogP contribution in [0.1, 0.15) is 78.2 Å². The van der Waals surface area contributed by atoms with E-state index in [1.54, 1.807) is 24.4 Å². The van der Waals surface area contributed by atoms with E-state index in [-0.39, 0.29) is 11.4 Å². The number of hydrogen-bond acceptors (Lipinski definition) is 4. The molecule has 2 aromatic carbocycles. The molecule has 1 N–H and O–H groups in total. The third-order valence-electron chi connectivity index (χ3n) is 6.35. The first-order chi connectivity index (χ1) is 16.2. The Morgan fingerprint density at radius 3 is 1.94 bits per heavy atom. The van der Waals surface area contributed by atoms with Crippen LogP contribution in [-0.4, -0.2) is 21.8 Å². The fourth-order valence-electron chi connectivity index (χ4n) is 4.23. The highest BCUT2D eigenvalue weighted by Crippen LogP contribution is 2.41. The molecule has 1 amide bonds. The maximum Gasteiger partial charge on any atom is 0.295 e. The van der Waals surface area contributed by atoms with Gasteiger partial charge in [0.15, 0.2) is 11.5 Å². The molecule has 34 heavy (non-hydrogen) atoms. The molecule has 0 saturated heterocycles. The Kier molecular flexibility index (Phi) is 6.38. The third-order valence-corrected chi connectivity index (χ3v) is 6.35. The number of aliphatic hydroxyl groups excluding tert-OH is 1. The standard InChI is InChI=1S/C29H30N2O3/c1-17(2)20-7-11-22(12-8-20)26-25(27(32)23-13-9-21(10-14-23)18(3)4)28(33)29(34)31(26)24-15-6-19(5)16-30-24/h6-18,26,33H,1-5H3. The molecule has 1 atom stereocenters. The molecule has 5 heteroatoms. The number of aryl methyl sites for hydroxylation is 1. The molecule has 0 radical (unpaired) electrons. The molecule has 3 aromatic rings. The summed E-state index contributed by atoms with van der Waals surface area (Å²) in [5.41, 5.74) is 4.46. The minimum atomic E-state index is -0.777. The number of aromatic nitrogens is 1. The number of ketones is 1. The van der Waals surface area contributed by atoms with Crippen LogP contribution in [-0.2, 0) is 4.79 Å². The number of carbonyl (C=O) groups is 2. The van der Waals surface area contributed by atoms with Gasteiger partial charge in [-0.15, -0.1) is 0 Å². The van der Waals surface area contributed by atoms with Crippen molar-refractivity contribution in [1.29, 1.82) is 0 Å². The Hall–Kier alpha value is -3.73. The first-order valence-corrected chi connectivity index (χ1v) is 11.6. The van der Waals surface area contributed by atoms with E-state index in [4.69, 9.17) is 0 Å². The SMILES string of the molecule is Cc1ccc(N2C(=O)C(O)=C(C(=O)c3ccc(C(C)C)cc3)C2c2ccc(C(C)C)cc2)nc1. The van der Waals surface area contributed by atoms with Crippen molar-refractivity contribution in [3.8, 4) is 0 Å². The molecule has 0 saturated carbocycles. The van der Waals surface area contributed by atoms with E-state index in [0.717, 1.165) is 22.3 Å². The minimum absolute atomic E-state index is 0.0713. The highest BCUT2D eigenvalue weighted by Gasteiger charge is 2.45. The lowest BCUT2D eigenvalue weighted by atomic mass is 9.90. The van der Waals surface area contributed by atoms with Gasteiger partial charge in [0.2, 0.25) is 0 Å². The highest BCUT2D eigenvalue weighted by molar-refractivity contribution is 6.20. The molecule has 174 valence electrons. The van der Waals surface area contributed by atoms with E-state index < -0.39 is 17.7 Å². The first-order valence-electron chi connectivity index (χ1n) is 11.6. The quantitative estimate of drug-likeness (QED) is 0.436. The van der Waals surface area contributed by atoms with Gasteiger partial charge in [0.25, 0.3) is 5.91 Å². The molecule has 1 unspecified atom stereocenters. The van der Waals surface area contributed by atoms with Gasteiger partial charge < -0.3 is 5.11 Å². The van der Waals surface area contributed by atoms with Crippen LogP contribution in [0, 0.1) is 6.92 Å². The predicted molar refractivity (Wildman–Crippen MR) is 134 cm³/mol. The maximum absolute atomic E-state index is 13.7. The Balaban J connectivity index is 1.82.